The van der Waals surface area contributed by atoms with Crippen molar-refractivity contribution in [1.82, 2.24) is 20.9 Å². The molecule has 0 bridgehead atoms. The summed E-state index contributed by atoms with van der Waals surface area (Å²) in [5.74, 6) is 0.189. The van der Waals surface area contributed by atoms with Crippen molar-refractivity contribution in [2.24, 2.45) is 5.92 Å². The summed E-state index contributed by atoms with van der Waals surface area (Å²) in [6.07, 6.45) is 6.75. The summed E-state index contributed by atoms with van der Waals surface area (Å²) < 4.78 is 13.7. The molecular formula is C21H27FN4O. The molecule has 27 heavy (non-hydrogen) atoms. The van der Waals surface area contributed by atoms with Crippen LogP contribution in [-0.2, 0) is 11.3 Å². The molecule has 1 amide bonds. The summed E-state index contributed by atoms with van der Waals surface area (Å²) in [5.41, 5.74) is 1.62. The van der Waals surface area contributed by atoms with Crippen molar-refractivity contribution >= 4 is 5.91 Å². The molecule has 1 saturated heterocycles. The van der Waals surface area contributed by atoms with Crippen LogP contribution in [0.2, 0.25) is 0 Å². The second kappa shape index (κ2) is 10.1. The van der Waals surface area contributed by atoms with Gasteiger partial charge in [0.05, 0.1) is 0 Å². The number of halogens is 1. The largest absolute Gasteiger partial charge is 0.350 e. The van der Waals surface area contributed by atoms with Crippen LogP contribution in [0.1, 0.15) is 36.4 Å². The van der Waals surface area contributed by atoms with Gasteiger partial charge in [0.1, 0.15) is 11.9 Å². The maximum absolute atomic E-state index is 13.7. The minimum Gasteiger partial charge on any atom is -0.350 e. The number of carbonyl (C=O) groups is 1. The van der Waals surface area contributed by atoms with Crippen LogP contribution in [0, 0.1) is 11.7 Å². The molecule has 6 heteroatoms. The monoisotopic (exact) mass is 370 g/mol. The lowest BCUT2D eigenvalue weighted by Crippen LogP contribution is -2.38. The van der Waals surface area contributed by atoms with Gasteiger partial charge < -0.3 is 16.0 Å². The van der Waals surface area contributed by atoms with Crippen molar-refractivity contribution in [1.29, 1.82) is 0 Å². The van der Waals surface area contributed by atoms with Crippen molar-refractivity contribution in [2.45, 2.75) is 31.8 Å². The molecule has 1 unspecified atom stereocenters. The molecule has 1 aliphatic heterocycles. The molecule has 1 aliphatic rings. The van der Waals surface area contributed by atoms with E-state index in [1.54, 1.807) is 24.5 Å². The van der Waals surface area contributed by atoms with Crippen molar-refractivity contribution < 1.29 is 9.18 Å². The Kier molecular flexibility index (Phi) is 7.30. The third-order valence-electron chi connectivity index (χ3n) is 5.02. The second-order valence-electron chi connectivity index (χ2n) is 7.00. The summed E-state index contributed by atoms with van der Waals surface area (Å²) in [5, 5.41) is 9.64. The van der Waals surface area contributed by atoms with Crippen molar-refractivity contribution in [2.75, 3.05) is 19.6 Å². The van der Waals surface area contributed by atoms with Gasteiger partial charge in [0.2, 0.25) is 5.91 Å². The number of aromatic nitrogens is 1. The van der Waals surface area contributed by atoms with Gasteiger partial charge in [-0.1, -0.05) is 12.1 Å². The lowest BCUT2D eigenvalue weighted by atomic mass is 9.94. The van der Waals surface area contributed by atoms with E-state index in [-0.39, 0.29) is 11.7 Å². The fourth-order valence-electron chi connectivity index (χ4n) is 3.44. The van der Waals surface area contributed by atoms with E-state index in [2.05, 4.69) is 20.9 Å². The van der Waals surface area contributed by atoms with Crippen molar-refractivity contribution in [3.63, 3.8) is 0 Å². The first-order valence-corrected chi connectivity index (χ1v) is 9.58. The van der Waals surface area contributed by atoms with E-state index >= 15 is 0 Å². The Morgan fingerprint density at radius 1 is 1.22 bits per heavy atom. The van der Waals surface area contributed by atoms with Gasteiger partial charge in [0.25, 0.3) is 0 Å². The van der Waals surface area contributed by atoms with Crippen molar-refractivity contribution in [3.05, 3.63) is 65.7 Å². The summed E-state index contributed by atoms with van der Waals surface area (Å²) >= 11 is 0. The van der Waals surface area contributed by atoms with Crippen LogP contribution in [0.25, 0.3) is 0 Å². The minimum atomic E-state index is -0.566. The highest BCUT2D eigenvalue weighted by Gasteiger charge is 2.21. The summed E-state index contributed by atoms with van der Waals surface area (Å²) in [6, 6.07) is 9.41. The normalized spacial score (nSPS) is 16.0. The zero-order chi connectivity index (χ0) is 18.9. The van der Waals surface area contributed by atoms with Gasteiger partial charge in [-0.25, -0.2) is 4.39 Å². The van der Waals surface area contributed by atoms with E-state index in [4.69, 9.17) is 0 Å². The Morgan fingerprint density at radius 2 is 2.00 bits per heavy atom. The fourth-order valence-corrected chi connectivity index (χ4v) is 3.44. The van der Waals surface area contributed by atoms with Crippen LogP contribution >= 0.6 is 0 Å². The molecule has 144 valence electrons. The predicted molar refractivity (Wildman–Crippen MR) is 103 cm³/mol. The Morgan fingerprint density at radius 3 is 2.74 bits per heavy atom. The number of piperidine rings is 1. The number of amides is 1. The Balaban J connectivity index is 1.60. The number of pyridine rings is 1. The first-order valence-electron chi connectivity index (χ1n) is 9.58. The predicted octanol–water partition coefficient (Wildman–Crippen LogP) is 2.56. The molecule has 2 heterocycles. The molecule has 3 rings (SSSR count). The van der Waals surface area contributed by atoms with Crippen LogP contribution in [0.15, 0.2) is 48.8 Å². The summed E-state index contributed by atoms with van der Waals surface area (Å²) in [6.45, 7) is 3.27. The molecule has 3 N–H and O–H groups in total. The number of hydrogen-bond acceptors (Lipinski definition) is 4. The van der Waals surface area contributed by atoms with E-state index < -0.39 is 6.04 Å². The Labute approximate surface area is 159 Å². The SMILES string of the molecule is O=C(NCc1ccncc1)C(NCCC1CCNCC1)c1cccc(F)c1. The van der Waals surface area contributed by atoms with E-state index in [0.29, 0.717) is 18.0 Å². The van der Waals surface area contributed by atoms with E-state index in [9.17, 15) is 9.18 Å². The molecular weight excluding hydrogens is 343 g/mol. The zero-order valence-corrected chi connectivity index (χ0v) is 15.5. The van der Waals surface area contributed by atoms with Crippen molar-refractivity contribution in [3.8, 4) is 0 Å². The molecule has 0 radical (unpaired) electrons. The van der Waals surface area contributed by atoms with Crippen LogP contribution < -0.4 is 16.0 Å². The molecule has 2 aromatic rings. The van der Waals surface area contributed by atoms with Gasteiger partial charge in [0.15, 0.2) is 0 Å². The average molecular weight is 370 g/mol. The number of benzene rings is 1. The standard InChI is InChI=1S/C21H27FN4O/c22-19-3-1-2-18(14-19)20(25-13-8-16-4-9-23-10-5-16)21(27)26-15-17-6-11-24-12-7-17/h1-3,6-7,11-12,14,16,20,23,25H,4-5,8-10,13,15H2,(H,26,27). The number of rotatable bonds is 8. The second-order valence-corrected chi connectivity index (χ2v) is 7.00. The van der Waals surface area contributed by atoms with Crippen LogP contribution in [0.3, 0.4) is 0 Å². The van der Waals surface area contributed by atoms with Gasteiger partial charge in [-0.05, 0) is 80.2 Å². The third kappa shape index (κ3) is 6.12. The van der Waals surface area contributed by atoms with Crippen LogP contribution in [0.5, 0.6) is 0 Å². The van der Waals surface area contributed by atoms with E-state index in [1.165, 1.54) is 25.0 Å². The smallest absolute Gasteiger partial charge is 0.242 e. The maximum atomic E-state index is 13.7. The maximum Gasteiger partial charge on any atom is 0.242 e. The molecule has 1 aromatic heterocycles. The Hall–Kier alpha value is -2.31. The average Bonchev–Trinajstić information content (AvgIpc) is 2.71. The number of carbonyl (C=O) groups excluding carboxylic acids is 1. The molecule has 0 aliphatic carbocycles. The molecule has 0 spiro atoms. The number of nitrogens with one attached hydrogen (secondary N) is 3. The highest BCUT2D eigenvalue weighted by atomic mass is 19.1. The fraction of sp³-hybridized carbons (Fsp3) is 0.429. The number of nitrogens with zero attached hydrogens (tertiary/aromatic N) is 1. The third-order valence-corrected chi connectivity index (χ3v) is 5.02. The van der Waals surface area contributed by atoms with E-state index in [0.717, 1.165) is 31.6 Å². The first-order chi connectivity index (χ1) is 13.2. The quantitative estimate of drug-likeness (QED) is 0.668. The first kappa shape index (κ1) is 19.5. The highest BCUT2D eigenvalue weighted by Crippen LogP contribution is 2.18. The summed E-state index contributed by atoms with van der Waals surface area (Å²) in [4.78, 5) is 16.8. The zero-order valence-electron chi connectivity index (χ0n) is 15.5. The highest BCUT2D eigenvalue weighted by molar-refractivity contribution is 5.83. The molecule has 1 fully saturated rings. The minimum absolute atomic E-state index is 0.150. The van der Waals surface area contributed by atoms with E-state index in [1.807, 2.05) is 12.1 Å². The van der Waals surface area contributed by atoms with Crippen LogP contribution in [0.4, 0.5) is 4.39 Å². The van der Waals surface area contributed by atoms with Gasteiger partial charge in [-0.3, -0.25) is 9.78 Å². The lowest BCUT2D eigenvalue weighted by Gasteiger charge is -2.24. The van der Waals surface area contributed by atoms with Gasteiger partial charge in [-0.15, -0.1) is 0 Å². The lowest BCUT2D eigenvalue weighted by molar-refractivity contribution is -0.123. The topological polar surface area (TPSA) is 66.0 Å². The molecule has 1 aromatic carbocycles. The molecule has 5 nitrogen and oxygen atoms in total. The van der Waals surface area contributed by atoms with Gasteiger partial charge in [-0.2, -0.15) is 0 Å². The number of hydrogen-bond donors (Lipinski definition) is 3. The Bertz CT molecular complexity index is 719. The molecule has 1 atom stereocenters. The molecule has 0 saturated carbocycles. The summed E-state index contributed by atoms with van der Waals surface area (Å²) in [7, 11) is 0. The van der Waals surface area contributed by atoms with Gasteiger partial charge >= 0.3 is 0 Å². The van der Waals surface area contributed by atoms with Crippen LogP contribution in [-0.4, -0.2) is 30.5 Å². The van der Waals surface area contributed by atoms with Gasteiger partial charge in [0, 0.05) is 18.9 Å².